The van der Waals surface area contributed by atoms with Crippen molar-refractivity contribution >= 4 is 28.5 Å². The Morgan fingerprint density at radius 1 is 1.24 bits per heavy atom. The van der Waals surface area contributed by atoms with Gasteiger partial charge in [0.05, 0.1) is 12.6 Å². The number of para-hydroxylation sites is 1. The molecule has 1 aromatic heterocycles. The molecule has 0 bridgehead atoms. The number of nitrogens with one attached hydrogen (secondary N) is 1. The zero-order chi connectivity index (χ0) is 20.4. The molecule has 1 aliphatic rings. The molecule has 1 saturated heterocycles. The number of anilines is 1. The number of nitrogens with zero attached hydrogens (tertiary/aromatic N) is 1. The second-order valence-corrected chi connectivity index (χ2v) is 7.15. The van der Waals surface area contributed by atoms with Gasteiger partial charge in [-0.05, 0) is 56.7 Å². The topological polar surface area (TPSA) is 71.8 Å². The van der Waals surface area contributed by atoms with Crippen molar-refractivity contribution in [2.75, 3.05) is 18.1 Å². The molecule has 4 rings (SSSR count). The molecule has 1 unspecified atom stereocenters. The third-order valence-corrected chi connectivity index (χ3v) is 5.12. The van der Waals surface area contributed by atoms with Crippen LogP contribution >= 0.6 is 0 Å². The van der Waals surface area contributed by atoms with Crippen LogP contribution in [0.2, 0.25) is 0 Å². The number of benzene rings is 2. The highest BCUT2D eigenvalue weighted by Gasteiger charge is 2.22. The fourth-order valence-electron chi connectivity index (χ4n) is 3.60. The number of carbonyl (C=O) groups is 2. The van der Waals surface area contributed by atoms with Crippen LogP contribution < -0.4 is 15.0 Å². The molecule has 1 aliphatic heterocycles. The second kappa shape index (κ2) is 7.99. The molecule has 2 amide bonds. The highest BCUT2D eigenvalue weighted by atomic mass is 16.5. The van der Waals surface area contributed by atoms with Gasteiger partial charge in [-0.2, -0.15) is 0 Å². The lowest BCUT2D eigenvalue weighted by Gasteiger charge is -2.16. The molecule has 0 saturated carbocycles. The largest absolute Gasteiger partial charge is 0.490 e. The Bertz CT molecular complexity index is 1040. The van der Waals surface area contributed by atoms with E-state index in [1.165, 1.54) is 0 Å². The molecular weight excluding hydrogens is 368 g/mol. The number of ether oxygens (including phenoxy) is 1. The summed E-state index contributed by atoms with van der Waals surface area (Å²) in [7, 11) is 0. The summed E-state index contributed by atoms with van der Waals surface area (Å²) in [5, 5.41) is 3.91. The van der Waals surface area contributed by atoms with Gasteiger partial charge in [0.25, 0.3) is 5.91 Å². The molecule has 6 heteroatoms. The minimum absolute atomic E-state index is 0.132. The minimum Gasteiger partial charge on any atom is -0.490 e. The van der Waals surface area contributed by atoms with E-state index in [4.69, 9.17) is 9.15 Å². The Kier molecular flexibility index (Phi) is 5.25. The molecule has 1 fully saturated rings. The van der Waals surface area contributed by atoms with Crippen molar-refractivity contribution in [3.63, 3.8) is 0 Å². The Morgan fingerprint density at radius 2 is 2.03 bits per heavy atom. The fourth-order valence-corrected chi connectivity index (χ4v) is 3.60. The van der Waals surface area contributed by atoms with Gasteiger partial charge in [-0.15, -0.1) is 0 Å². The van der Waals surface area contributed by atoms with Crippen molar-refractivity contribution in [1.29, 1.82) is 0 Å². The zero-order valence-corrected chi connectivity index (χ0v) is 16.6. The molecule has 29 heavy (non-hydrogen) atoms. The zero-order valence-electron chi connectivity index (χ0n) is 16.6. The quantitative estimate of drug-likeness (QED) is 0.673. The van der Waals surface area contributed by atoms with Gasteiger partial charge in [0.2, 0.25) is 5.91 Å². The summed E-state index contributed by atoms with van der Waals surface area (Å²) in [6, 6.07) is 14.5. The number of carbonyl (C=O) groups excluding carboxylic acids is 2. The molecule has 1 atom stereocenters. The first kappa shape index (κ1) is 19.1. The van der Waals surface area contributed by atoms with Crippen LogP contribution in [0.25, 0.3) is 11.0 Å². The minimum atomic E-state index is -0.302. The van der Waals surface area contributed by atoms with Gasteiger partial charge in [0.15, 0.2) is 11.3 Å². The maximum absolute atomic E-state index is 12.7. The van der Waals surface area contributed by atoms with Crippen LogP contribution in [0.5, 0.6) is 5.75 Å². The lowest BCUT2D eigenvalue weighted by Crippen LogP contribution is -2.27. The van der Waals surface area contributed by atoms with E-state index in [1.54, 1.807) is 17.0 Å². The number of amides is 2. The van der Waals surface area contributed by atoms with Crippen LogP contribution in [0.3, 0.4) is 0 Å². The molecule has 0 spiro atoms. The van der Waals surface area contributed by atoms with Gasteiger partial charge >= 0.3 is 0 Å². The van der Waals surface area contributed by atoms with Crippen LogP contribution in [0.1, 0.15) is 48.8 Å². The van der Waals surface area contributed by atoms with Crippen molar-refractivity contribution < 1.29 is 18.7 Å². The lowest BCUT2D eigenvalue weighted by molar-refractivity contribution is -0.117. The number of hydrogen-bond acceptors (Lipinski definition) is 4. The monoisotopic (exact) mass is 392 g/mol. The maximum atomic E-state index is 12.7. The first-order valence-corrected chi connectivity index (χ1v) is 9.93. The molecule has 2 aromatic carbocycles. The van der Waals surface area contributed by atoms with Crippen molar-refractivity contribution in [2.45, 2.75) is 32.7 Å². The average molecular weight is 392 g/mol. The summed E-state index contributed by atoms with van der Waals surface area (Å²) in [5.41, 5.74) is 2.06. The normalized spacial score (nSPS) is 15.0. The molecule has 150 valence electrons. The first-order chi connectivity index (χ1) is 14.1. The van der Waals surface area contributed by atoms with Crippen molar-refractivity contribution in [3.8, 4) is 5.75 Å². The Morgan fingerprint density at radius 3 is 2.72 bits per heavy atom. The fraction of sp³-hybridized carbons (Fsp3) is 0.304. The molecule has 3 aromatic rings. The highest BCUT2D eigenvalue weighted by molar-refractivity contribution is 5.97. The van der Waals surface area contributed by atoms with Crippen LogP contribution in [-0.4, -0.2) is 25.0 Å². The molecular formula is C23H24N2O4. The van der Waals surface area contributed by atoms with Gasteiger partial charge in [-0.3, -0.25) is 9.59 Å². The summed E-state index contributed by atoms with van der Waals surface area (Å²) in [6.07, 6.45) is 1.46. The second-order valence-electron chi connectivity index (χ2n) is 7.15. The Hall–Kier alpha value is -3.28. The standard InChI is InChI=1S/C23H24N2O4/c1-3-28-19-7-4-6-17-14-20(29-22(17)19)15(2)24-23(27)16-9-11-18(12-10-16)25-13-5-8-21(25)26/h4,6-7,9-12,14-15H,3,5,8,13H2,1-2H3,(H,24,27). The number of fused-ring (bicyclic) bond motifs is 1. The van der Waals surface area contributed by atoms with E-state index in [-0.39, 0.29) is 17.9 Å². The van der Waals surface area contributed by atoms with E-state index in [0.717, 1.165) is 24.0 Å². The van der Waals surface area contributed by atoms with Gasteiger partial charge in [0, 0.05) is 29.6 Å². The lowest BCUT2D eigenvalue weighted by atomic mass is 10.1. The summed E-state index contributed by atoms with van der Waals surface area (Å²) < 4.78 is 11.6. The van der Waals surface area contributed by atoms with Gasteiger partial charge in [0.1, 0.15) is 5.76 Å². The summed E-state index contributed by atoms with van der Waals surface area (Å²) >= 11 is 0. The summed E-state index contributed by atoms with van der Waals surface area (Å²) in [6.45, 7) is 5.10. The molecule has 6 nitrogen and oxygen atoms in total. The SMILES string of the molecule is CCOc1cccc2cc(C(C)NC(=O)c3ccc(N4CCCC4=O)cc3)oc12. The Balaban J connectivity index is 1.47. The van der Waals surface area contributed by atoms with E-state index < -0.39 is 0 Å². The van der Waals surface area contributed by atoms with Crippen LogP contribution in [-0.2, 0) is 4.79 Å². The predicted molar refractivity (Wildman–Crippen MR) is 111 cm³/mol. The summed E-state index contributed by atoms with van der Waals surface area (Å²) in [5.74, 6) is 1.30. The number of furan rings is 1. The molecule has 0 radical (unpaired) electrons. The van der Waals surface area contributed by atoms with Crippen LogP contribution in [0.15, 0.2) is 52.9 Å². The predicted octanol–water partition coefficient (Wildman–Crippen LogP) is 4.45. The number of rotatable bonds is 6. The van der Waals surface area contributed by atoms with Gasteiger partial charge in [-0.25, -0.2) is 0 Å². The molecule has 2 heterocycles. The van der Waals surface area contributed by atoms with Crippen LogP contribution in [0, 0.1) is 0 Å². The van der Waals surface area contributed by atoms with Crippen molar-refractivity contribution in [2.24, 2.45) is 0 Å². The molecule has 1 N–H and O–H groups in total. The van der Waals surface area contributed by atoms with E-state index in [9.17, 15) is 9.59 Å². The van der Waals surface area contributed by atoms with Gasteiger partial charge < -0.3 is 19.4 Å². The van der Waals surface area contributed by atoms with E-state index in [2.05, 4.69) is 5.32 Å². The Labute approximate surface area is 169 Å². The maximum Gasteiger partial charge on any atom is 0.251 e. The average Bonchev–Trinajstić information content (AvgIpc) is 3.35. The van der Waals surface area contributed by atoms with E-state index >= 15 is 0 Å². The van der Waals surface area contributed by atoms with E-state index in [0.29, 0.717) is 35.7 Å². The van der Waals surface area contributed by atoms with Crippen molar-refractivity contribution in [1.82, 2.24) is 5.32 Å². The summed E-state index contributed by atoms with van der Waals surface area (Å²) in [4.78, 5) is 26.3. The third-order valence-electron chi connectivity index (χ3n) is 5.12. The molecule has 0 aliphatic carbocycles. The number of hydrogen-bond donors (Lipinski definition) is 1. The van der Waals surface area contributed by atoms with Crippen molar-refractivity contribution in [3.05, 3.63) is 59.9 Å². The van der Waals surface area contributed by atoms with Gasteiger partial charge in [-0.1, -0.05) is 12.1 Å². The highest BCUT2D eigenvalue weighted by Crippen LogP contribution is 2.31. The van der Waals surface area contributed by atoms with E-state index in [1.807, 2.05) is 50.2 Å². The third kappa shape index (κ3) is 3.83. The smallest absolute Gasteiger partial charge is 0.251 e. The van der Waals surface area contributed by atoms with Crippen LogP contribution in [0.4, 0.5) is 5.69 Å². The first-order valence-electron chi connectivity index (χ1n) is 9.93.